The number of anilines is 1. The highest BCUT2D eigenvalue weighted by molar-refractivity contribution is 6.09. The number of fused-ring (bicyclic) bond motifs is 1. The van der Waals surface area contributed by atoms with Crippen LogP contribution < -0.4 is 14.8 Å². The first kappa shape index (κ1) is 18.3. The van der Waals surface area contributed by atoms with Crippen LogP contribution >= 0.6 is 0 Å². The third-order valence-electron chi connectivity index (χ3n) is 3.75. The van der Waals surface area contributed by atoms with Gasteiger partial charge in [0, 0.05) is 5.39 Å². The van der Waals surface area contributed by atoms with Crippen molar-refractivity contribution in [3.8, 4) is 11.5 Å². The molecule has 1 amide bonds. The van der Waals surface area contributed by atoms with Crippen LogP contribution in [-0.4, -0.2) is 32.2 Å². The third-order valence-corrected chi connectivity index (χ3v) is 3.75. The lowest BCUT2D eigenvalue weighted by Gasteiger charge is -2.08. The smallest absolute Gasteiger partial charge is 0.376 e. The first-order valence-corrected chi connectivity index (χ1v) is 8.37. The van der Waals surface area contributed by atoms with Crippen LogP contribution in [0.2, 0.25) is 0 Å². The van der Waals surface area contributed by atoms with Gasteiger partial charge in [-0.15, -0.1) is 0 Å². The van der Waals surface area contributed by atoms with E-state index in [2.05, 4.69) is 5.32 Å². The summed E-state index contributed by atoms with van der Waals surface area (Å²) in [6.07, 6.45) is 0. The summed E-state index contributed by atoms with van der Waals surface area (Å²) in [5.41, 5.74) is 0.749. The SMILES string of the molecule is CCOC(=O)c1oc2ccccc2c1NC(=O)COc1ccc(OC)cc1. The van der Waals surface area contributed by atoms with Gasteiger partial charge in [0.1, 0.15) is 22.8 Å². The lowest BCUT2D eigenvalue weighted by Crippen LogP contribution is -2.21. The van der Waals surface area contributed by atoms with Gasteiger partial charge in [-0.1, -0.05) is 12.1 Å². The molecule has 0 unspecified atom stereocenters. The van der Waals surface area contributed by atoms with Crippen LogP contribution in [0.3, 0.4) is 0 Å². The third kappa shape index (κ3) is 4.20. The van der Waals surface area contributed by atoms with E-state index in [9.17, 15) is 9.59 Å². The van der Waals surface area contributed by atoms with Gasteiger partial charge in [-0.05, 0) is 43.3 Å². The summed E-state index contributed by atoms with van der Waals surface area (Å²) < 4.78 is 21.1. The normalized spacial score (nSPS) is 10.4. The Morgan fingerprint density at radius 1 is 1.04 bits per heavy atom. The van der Waals surface area contributed by atoms with Crippen molar-refractivity contribution in [2.45, 2.75) is 6.92 Å². The zero-order chi connectivity index (χ0) is 19.2. The average molecular weight is 369 g/mol. The van der Waals surface area contributed by atoms with E-state index in [0.717, 1.165) is 0 Å². The lowest BCUT2D eigenvalue weighted by molar-refractivity contribution is -0.118. The van der Waals surface area contributed by atoms with E-state index in [1.54, 1.807) is 62.6 Å². The Hall–Kier alpha value is -3.48. The van der Waals surface area contributed by atoms with Gasteiger partial charge in [-0.3, -0.25) is 4.79 Å². The number of hydrogen-bond donors (Lipinski definition) is 1. The highest BCUT2D eigenvalue weighted by Crippen LogP contribution is 2.31. The van der Waals surface area contributed by atoms with Crippen LogP contribution in [0, 0.1) is 0 Å². The monoisotopic (exact) mass is 369 g/mol. The Bertz CT molecular complexity index is 945. The summed E-state index contributed by atoms with van der Waals surface area (Å²) in [5, 5.41) is 3.29. The van der Waals surface area contributed by atoms with E-state index < -0.39 is 11.9 Å². The quantitative estimate of drug-likeness (QED) is 0.640. The molecule has 7 nitrogen and oxygen atoms in total. The molecule has 1 aromatic heterocycles. The van der Waals surface area contributed by atoms with Crippen molar-refractivity contribution in [1.82, 2.24) is 0 Å². The highest BCUT2D eigenvalue weighted by atomic mass is 16.5. The summed E-state index contributed by atoms with van der Waals surface area (Å²) >= 11 is 0. The molecule has 1 heterocycles. The number of furan rings is 1. The molecule has 0 radical (unpaired) electrons. The predicted molar refractivity (Wildman–Crippen MR) is 99.3 cm³/mol. The van der Waals surface area contributed by atoms with Crippen molar-refractivity contribution in [2.24, 2.45) is 0 Å². The number of carbonyl (C=O) groups is 2. The largest absolute Gasteiger partial charge is 0.497 e. The fourth-order valence-electron chi connectivity index (χ4n) is 2.51. The Morgan fingerprint density at radius 2 is 1.74 bits per heavy atom. The van der Waals surface area contributed by atoms with E-state index in [-0.39, 0.29) is 24.7 Å². The summed E-state index contributed by atoms with van der Waals surface area (Å²) in [7, 11) is 1.57. The maximum atomic E-state index is 12.3. The molecule has 0 fully saturated rings. The zero-order valence-corrected chi connectivity index (χ0v) is 15.0. The van der Waals surface area contributed by atoms with Gasteiger partial charge in [0.25, 0.3) is 5.91 Å². The fourth-order valence-corrected chi connectivity index (χ4v) is 2.51. The van der Waals surface area contributed by atoms with Gasteiger partial charge in [0.15, 0.2) is 6.61 Å². The van der Waals surface area contributed by atoms with Crippen molar-refractivity contribution in [2.75, 3.05) is 25.6 Å². The Balaban J connectivity index is 1.75. The second kappa shape index (κ2) is 8.27. The van der Waals surface area contributed by atoms with Crippen LogP contribution in [0.1, 0.15) is 17.5 Å². The van der Waals surface area contributed by atoms with Crippen molar-refractivity contribution in [3.63, 3.8) is 0 Å². The molecule has 0 atom stereocenters. The van der Waals surface area contributed by atoms with E-state index in [1.807, 2.05) is 0 Å². The van der Waals surface area contributed by atoms with Gasteiger partial charge < -0.3 is 23.9 Å². The minimum Gasteiger partial charge on any atom is -0.497 e. The number of hydrogen-bond acceptors (Lipinski definition) is 6. The first-order valence-electron chi connectivity index (χ1n) is 8.37. The number of ether oxygens (including phenoxy) is 3. The van der Waals surface area contributed by atoms with Crippen LogP contribution in [0.5, 0.6) is 11.5 Å². The number of amides is 1. The molecule has 7 heteroatoms. The molecule has 140 valence electrons. The van der Waals surface area contributed by atoms with Gasteiger partial charge in [0.05, 0.1) is 13.7 Å². The van der Waals surface area contributed by atoms with Gasteiger partial charge in [0.2, 0.25) is 5.76 Å². The summed E-state index contributed by atoms with van der Waals surface area (Å²) in [4.78, 5) is 24.5. The molecule has 0 bridgehead atoms. The Morgan fingerprint density at radius 3 is 2.44 bits per heavy atom. The predicted octanol–water partition coefficient (Wildman–Crippen LogP) is 3.64. The molecule has 0 aliphatic heterocycles. The van der Waals surface area contributed by atoms with Crippen molar-refractivity contribution in [1.29, 1.82) is 0 Å². The Labute approximate surface area is 155 Å². The van der Waals surface area contributed by atoms with Gasteiger partial charge >= 0.3 is 5.97 Å². The van der Waals surface area contributed by atoms with Gasteiger partial charge in [-0.2, -0.15) is 0 Å². The molecule has 27 heavy (non-hydrogen) atoms. The molecular weight excluding hydrogens is 350 g/mol. The Kier molecular flexibility index (Phi) is 5.61. The molecule has 0 saturated carbocycles. The molecule has 0 aliphatic rings. The van der Waals surface area contributed by atoms with Crippen LogP contribution in [0.4, 0.5) is 5.69 Å². The van der Waals surface area contributed by atoms with E-state index in [1.165, 1.54) is 0 Å². The fraction of sp³-hybridized carbons (Fsp3) is 0.200. The number of benzene rings is 2. The maximum Gasteiger partial charge on any atom is 0.376 e. The number of carbonyl (C=O) groups excluding carboxylic acids is 2. The molecule has 3 aromatic rings. The second-order valence-electron chi connectivity index (χ2n) is 5.54. The maximum absolute atomic E-state index is 12.3. The molecule has 2 aromatic carbocycles. The number of rotatable bonds is 7. The standard InChI is InChI=1S/C20H19NO6/c1-3-25-20(23)19-18(15-6-4-5-7-16(15)27-19)21-17(22)12-26-14-10-8-13(24-2)9-11-14/h4-11H,3,12H2,1-2H3,(H,21,22). The number of esters is 1. The molecule has 1 N–H and O–H groups in total. The molecule has 0 saturated heterocycles. The van der Waals surface area contributed by atoms with Crippen LogP contribution in [0.25, 0.3) is 11.0 Å². The van der Waals surface area contributed by atoms with Crippen LogP contribution in [-0.2, 0) is 9.53 Å². The number of para-hydroxylation sites is 1. The van der Waals surface area contributed by atoms with Crippen molar-refractivity contribution < 1.29 is 28.2 Å². The average Bonchev–Trinajstić information content (AvgIpc) is 3.05. The molecule has 3 rings (SSSR count). The minimum absolute atomic E-state index is 0.0455. The summed E-state index contributed by atoms with van der Waals surface area (Å²) in [6, 6.07) is 13.9. The van der Waals surface area contributed by atoms with Crippen LogP contribution in [0.15, 0.2) is 52.9 Å². The highest BCUT2D eigenvalue weighted by Gasteiger charge is 2.23. The first-order chi connectivity index (χ1) is 13.1. The summed E-state index contributed by atoms with van der Waals surface area (Å²) in [5.74, 6) is 0.100. The zero-order valence-electron chi connectivity index (χ0n) is 15.0. The second-order valence-corrected chi connectivity index (χ2v) is 5.54. The minimum atomic E-state index is -0.639. The number of nitrogens with one attached hydrogen (secondary N) is 1. The van der Waals surface area contributed by atoms with Gasteiger partial charge in [-0.25, -0.2) is 4.79 Å². The molecule has 0 spiro atoms. The number of methoxy groups -OCH3 is 1. The van der Waals surface area contributed by atoms with Crippen molar-refractivity contribution in [3.05, 3.63) is 54.3 Å². The van der Waals surface area contributed by atoms with E-state index in [0.29, 0.717) is 22.5 Å². The van der Waals surface area contributed by atoms with Crippen molar-refractivity contribution >= 4 is 28.5 Å². The topological polar surface area (TPSA) is 87.0 Å². The summed E-state index contributed by atoms with van der Waals surface area (Å²) in [6.45, 7) is 1.67. The van der Waals surface area contributed by atoms with E-state index >= 15 is 0 Å². The lowest BCUT2D eigenvalue weighted by atomic mass is 10.2. The molecular formula is C20H19NO6. The molecule has 0 aliphatic carbocycles. The van der Waals surface area contributed by atoms with E-state index in [4.69, 9.17) is 18.6 Å².